The van der Waals surface area contributed by atoms with Gasteiger partial charge in [0.05, 0.1) is 23.2 Å². The van der Waals surface area contributed by atoms with Gasteiger partial charge in [0.2, 0.25) is 0 Å². The Labute approximate surface area is 133 Å². The minimum Gasteiger partial charge on any atom is -0.389 e. The normalized spacial score (nSPS) is 15.8. The quantitative estimate of drug-likeness (QED) is 0.886. The molecule has 110 valence electrons. The number of nitrogens with zero attached hydrogens (tertiary/aromatic N) is 2. The van der Waals surface area contributed by atoms with Crippen molar-refractivity contribution in [3.63, 3.8) is 0 Å². The number of aliphatic hydroxyl groups excluding tert-OH is 1. The molecule has 0 saturated heterocycles. The maximum atomic E-state index is 9.70. The fourth-order valence-corrected chi connectivity index (χ4v) is 3.37. The molecule has 0 saturated carbocycles. The SMILES string of the molecule is C[C@@H](O)c1ccc(N2CCN(C)c3ccccc32)c(Br)c1. The number of fused-ring (bicyclic) bond motifs is 1. The van der Waals surface area contributed by atoms with Gasteiger partial charge in [-0.1, -0.05) is 18.2 Å². The van der Waals surface area contributed by atoms with E-state index < -0.39 is 6.10 Å². The first-order chi connectivity index (χ1) is 10.1. The molecule has 1 N–H and O–H groups in total. The predicted octanol–water partition coefficient (Wildman–Crippen LogP) is 4.09. The highest BCUT2D eigenvalue weighted by Gasteiger charge is 2.22. The van der Waals surface area contributed by atoms with Gasteiger partial charge in [-0.3, -0.25) is 0 Å². The molecule has 1 aliphatic heterocycles. The van der Waals surface area contributed by atoms with Gasteiger partial charge in [-0.15, -0.1) is 0 Å². The maximum absolute atomic E-state index is 9.70. The number of hydrogen-bond donors (Lipinski definition) is 1. The van der Waals surface area contributed by atoms with Crippen LogP contribution in [0.2, 0.25) is 0 Å². The van der Waals surface area contributed by atoms with E-state index in [4.69, 9.17) is 0 Å². The van der Waals surface area contributed by atoms with Crippen molar-refractivity contribution in [1.29, 1.82) is 0 Å². The number of anilines is 3. The lowest BCUT2D eigenvalue weighted by atomic mass is 10.1. The van der Waals surface area contributed by atoms with Gasteiger partial charge in [-0.2, -0.15) is 0 Å². The third-order valence-corrected chi connectivity index (χ3v) is 4.62. The Bertz CT molecular complexity index is 657. The van der Waals surface area contributed by atoms with Crippen LogP contribution in [0.1, 0.15) is 18.6 Å². The van der Waals surface area contributed by atoms with Gasteiger partial charge in [-0.05, 0) is 52.7 Å². The number of likely N-dealkylation sites (N-methyl/N-ethyl adjacent to an activating group) is 1. The predicted molar refractivity (Wildman–Crippen MR) is 91.5 cm³/mol. The smallest absolute Gasteiger partial charge is 0.0762 e. The van der Waals surface area contributed by atoms with Gasteiger partial charge in [0.1, 0.15) is 0 Å². The monoisotopic (exact) mass is 346 g/mol. The van der Waals surface area contributed by atoms with Crippen LogP contribution in [0.3, 0.4) is 0 Å². The summed E-state index contributed by atoms with van der Waals surface area (Å²) >= 11 is 3.65. The molecule has 0 bridgehead atoms. The van der Waals surface area contributed by atoms with E-state index in [0.717, 1.165) is 28.8 Å². The summed E-state index contributed by atoms with van der Waals surface area (Å²) in [5.41, 5.74) is 4.53. The van der Waals surface area contributed by atoms with Crippen LogP contribution in [0.5, 0.6) is 0 Å². The molecule has 0 unspecified atom stereocenters. The van der Waals surface area contributed by atoms with Crippen molar-refractivity contribution < 1.29 is 5.11 Å². The second-order valence-corrected chi connectivity index (χ2v) is 6.30. The van der Waals surface area contributed by atoms with Gasteiger partial charge in [0.15, 0.2) is 0 Å². The molecule has 1 aliphatic rings. The fraction of sp³-hybridized carbons (Fsp3) is 0.294. The van der Waals surface area contributed by atoms with Crippen LogP contribution in [0, 0.1) is 0 Å². The molecule has 1 atom stereocenters. The molecule has 0 aliphatic carbocycles. The van der Waals surface area contributed by atoms with Crippen LogP contribution in [0.4, 0.5) is 17.1 Å². The Balaban J connectivity index is 2.04. The van der Waals surface area contributed by atoms with Crippen LogP contribution in [-0.2, 0) is 0 Å². The van der Waals surface area contributed by atoms with Crippen molar-refractivity contribution in [2.24, 2.45) is 0 Å². The molecule has 0 fully saturated rings. The minimum atomic E-state index is -0.449. The van der Waals surface area contributed by atoms with Crippen molar-refractivity contribution in [1.82, 2.24) is 0 Å². The third kappa shape index (κ3) is 2.65. The average Bonchev–Trinajstić information content (AvgIpc) is 2.48. The van der Waals surface area contributed by atoms with E-state index >= 15 is 0 Å². The van der Waals surface area contributed by atoms with E-state index in [-0.39, 0.29) is 0 Å². The Morgan fingerprint density at radius 2 is 1.76 bits per heavy atom. The Hall–Kier alpha value is -1.52. The van der Waals surface area contributed by atoms with E-state index in [9.17, 15) is 5.11 Å². The van der Waals surface area contributed by atoms with Crippen molar-refractivity contribution in [2.75, 3.05) is 29.9 Å². The molecule has 0 amide bonds. The molecular formula is C17H19BrN2O. The van der Waals surface area contributed by atoms with Gasteiger partial charge >= 0.3 is 0 Å². The number of rotatable bonds is 2. The lowest BCUT2D eigenvalue weighted by Gasteiger charge is -2.37. The van der Waals surface area contributed by atoms with Gasteiger partial charge < -0.3 is 14.9 Å². The Morgan fingerprint density at radius 3 is 2.43 bits per heavy atom. The maximum Gasteiger partial charge on any atom is 0.0762 e. The fourth-order valence-electron chi connectivity index (χ4n) is 2.76. The van der Waals surface area contributed by atoms with E-state index in [0.29, 0.717) is 0 Å². The molecule has 3 rings (SSSR count). The highest BCUT2D eigenvalue weighted by atomic mass is 79.9. The van der Waals surface area contributed by atoms with Crippen LogP contribution in [0.15, 0.2) is 46.9 Å². The second kappa shape index (κ2) is 5.70. The highest BCUT2D eigenvalue weighted by Crippen LogP contribution is 2.40. The van der Waals surface area contributed by atoms with Gasteiger partial charge in [0.25, 0.3) is 0 Å². The number of halogens is 1. The number of aliphatic hydroxyl groups is 1. The number of benzene rings is 2. The summed E-state index contributed by atoms with van der Waals surface area (Å²) in [5.74, 6) is 0. The summed E-state index contributed by atoms with van der Waals surface area (Å²) in [7, 11) is 2.13. The zero-order valence-electron chi connectivity index (χ0n) is 12.3. The van der Waals surface area contributed by atoms with Crippen molar-refractivity contribution >= 4 is 33.0 Å². The number of para-hydroxylation sites is 2. The first-order valence-electron chi connectivity index (χ1n) is 7.13. The first-order valence-corrected chi connectivity index (χ1v) is 7.92. The average molecular weight is 347 g/mol. The van der Waals surface area contributed by atoms with E-state index in [1.807, 2.05) is 12.1 Å². The van der Waals surface area contributed by atoms with Crippen molar-refractivity contribution in [3.8, 4) is 0 Å². The third-order valence-electron chi connectivity index (χ3n) is 3.99. The molecule has 21 heavy (non-hydrogen) atoms. The molecular weight excluding hydrogens is 328 g/mol. The Kier molecular flexibility index (Phi) is 3.91. The summed E-state index contributed by atoms with van der Waals surface area (Å²) in [4.78, 5) is 4.61. The first kappa shape index (κ1) is 14.4. The molecule has 3 nitrogen and oxygen atoms in total. The zero-order valence-corrected chi connectivity index (χ0v) is 13.8. The summed E-state index contributed by atoms with van der Waals surface area (Å²) in [6.45, 7) is 3.72. The molecule has 0 aromatic heterocycles. The Morgan fingerprint density at radius 1 is 1.05 bits per heavy atom. The zero-order chi connectivity index (χ0) is 15.0. The molecule has 4 heteroatoms. The lowest BCUT2D eigenvalue weighted by Crippen LogP contribution is -2.36. The lowest BCUT2D eigenvalue weighted by molar-refractivity contribution is 0.199. The van der Waals surface area contributed by atoms with E-state index in [1.54, 1.807) is 6.92 Å². The standard InChI is InChI=1S/C17H19BrN2O/c1-12(21)13-7-8-15(14(18)11-13)20-10-9-19(2)16-5-3-4-6-17(16)20/h3-8,11-12,21H,9-10H2,1-2H3/t12-/m1/s1. The van der Waals surface area contributed by atoms with Crippen LogP contribution < -0.4 is 9.80 Å². The minimum absolute atomic E-state index is 0.449. The molecule has 0 radical (unpaired) electrons. The van der Waals surface area contributed by atoms with Crippen LogP contribution >= 0.6 is 15.9 Å². The topological polar surface area (TPSA) is 26.7 Å². The summed E-state index contributed by atoms with van der Waals surface area (Å²) < 4.78 is 1.01. The highest BCUT2D eigenvalue weighted by molar-refractivity contribution is 9.10. The molecule has 0 spiro atoms. The van der Waals surface area contributed by atoms with Gasteiger partial charge in [0, 0.05) is 24.6 Å². The van der Waals surface area contributed by atoms with Gasteiger partial charge in [-0.25, -0.2) is 0 Å². The van der Waals surface area contributed by atoms with Crippen LogP contribution in [-0.4, -0.2) is 25.2 Å². The summed E-state index contributed by atoms with van der Waals surface area (Å²) in [6, 6.07) is 14.5. The molecule has 1 heterocycles. The number of hydrogen-bond acceptors (Lipinski definition) is 3. The molecule has 2 aromatic rings. The van der Waals surface area contributed by atoms with E-state index in [2.05, 4.69) is 63.1 Å². The van der Waals surface area contributed by atoms with Crippen molar-refractivity contribution in [3.05, 3.63) is 52.5 Å². The van der Waals surface area contributed by atoms with Crippen molar-refractivity contribution in [2.45, 2.75) is 13.0 Å². The van der Waals surface area contributed by atoms with Crippen LogP contribution in [0.25, 0.3) is 0 Å². The molecule has 2 aromatic carbocycles. The van der Waals surface area contributed by atoms with E-state index in [1.165, 1.54) is 11.4 Å². The second-order valence-electron chi connectivity index (χ2n) is 5.45. The summed E-state index contributed by atoms with van der Waals surface area (Å²) in [6.07, 6.45) is -0.449. The summed E-state index contributed by atoms with van der Waals surface area (Å²) in [5, 5.41) is 9.70. The largest absolute Gasteiger partial charge is 0.389 e.